The van der Waals surface area contributed by atoms with Crippen molar-refractivity contribution in [2.75, 3.05) is 14.2 Å². The molecule has 4 rings (SSSR count). The minimum absolute atomic E-state index is 0.0150. The van der Waals surface area contributed by atoms with Crippen LogP contribution in [-0.4, -0.2) is 40.6 Å². The number of H-pyrrole nitrogens is 1. The minimum Gasteiger partial charge on any atom is -0.497 e. The van der Waals surface area contributed by atoms with E-state index in [-0.39, 0.29) is 5.88 Å². The smallest absolute Gasteiger partial charge is 0.419 e. The Labute approximate surface area is 173 Å². The lowest BCUT2D eigenvalue weighted by Crippen LogP contribution is -2.27. The first-order chi connectivity index (χ1) is 14.2. The maximum atomic E-state index is 13.2. The highest BCUT2D eigenvalue weighted by molar-refractivity contribution is 6.05. The number of rotatable bonds is 3. The van der Waals surface area contributed by atoms with Crippen LogP contribution in [0.15, 0.2) is 42.6 Å². The molecule has 2 aromatic carbocycles. The molecular weight excluding hydrogens is 384 g/mol. The van der Waals surface area contributed by atoms with Crippen LogP contribution >= 0.6 is 0 Å². The summed E-state index contributed by atoms with van der Waals surface area (Å²) in [6.45, 7) is 5.46. The Hall–Kier alpha value is -3.61. The van der Waals surface area contributed by atoms with Crippen molar-refractivity contribution < 1.29 is 24.1 Å². The van der Waals surface area contributed by atoms with Crippen molar-refractivity contribution in [3.63, 3.8) is 0 Å². The van der Waals surface area contributed by atoms with Gasteiger partial charge in [0.2, 0.25) is 0 Å². The van der Waals surface area contributed by atoms with Crippen molar-refractivity contribution in [1.29, 1.82) is 0 Å². The molecule has 0 aliphatic heterocycles. The number of ether oxygens (including phenoxy) is 3. The molecule has 0 radical (unpaired) electrons. The summed E-state index contributed by atoms with van der Waals surface area (Å²) in [5.74, 6) is 1.30. The van der Waals surface area contributed by atoms with Crippen molar-refractivity contribution in [2.45, 2.75) is 26.4 Å². The highest BCUT2D eigenvalue weighted by Gasteiger charge is 2.25. The molecule has 7 heteroatoms. The molecule has 156 valence electrons. The molecule has 0 aliphatic rings. The molecule has 0 amide bonds. The summed E-state index contributed by atoms with van der Waals surface area (Å²) in [5, 5.41) is 12.6. The summed E-state index contributed by atoms with van der Waals surface area (Å²) in [6, 6.07) is 11.0. The summed E-state index contributed by atoms with van der Waals surface area (Å²) >= 11 is 0. The minimum atomic E-state index is -0.669. The van der Waals surface area contributed by atoms with E-state index in [9.17, 15) is 9.90 Å². The monoisotopic (exact) mass is 408 g/mol. The maximum Gasteiger partial charge on any atom is 0.419 e. The van der Waals surface area contributed by atoms with Gasteiger partial charge in [-0.25, -0.2) is 9.36 Å². The summed E-state index contributed by atoms with van der Waals surface area (Å²) in [4.78, 5) is 16.0. The molecule has 0 aliphatic carbocycles. The van der Waals surface area contributed by atoms with E-state index in [1.165, 1.54) is 4.57 Å². The van der Waals surface area contributed by atoms with Crippen LogP contribution in [0.4, 0.5) is 4.79 Å². The number of aromatic hydroxyl groups is 1. The Bertz CT molecular complexity index is 1260. The van der Waals surface area contributed by atoms with Crippen LogP contribution in [0.2, 0.25) is 0 Å². The largest absolute Gasteiger partial charge is 0.497 e. The lowest BCUT2D eigenvalue weighted by molar-refractivity contribution is 0.0547. The van der Waals surface area contributed by atoms with Crippen LogP contribution in [0.3, 0.4) is 0 Å². The van der Waals surface area contributed by atoms with E-state index in [1.54, 1.807) is 32.5 Å². The van der Waals surface area contributed by atoms with Gasteiger partial charge in [0.15, 0.2) is 5.88 Å². The number of hydrogen-bond acceptors (Lipinski definition) is 5. The summed E-state index contributed by atoms with van der Waals surface area (Å²) < 4.78 is 18.0. The molecule has 0 atom stereocenters. The number of aromatic amines is 1. The van der Waals surface area contributed by atoms with Gasteiger partial charge in [0, 0.05) is 22.5 Å². The Morgan fingerprint density at radius 1 is 1.00 bits per heavy atom. The van der Waals surface area contributed by atoms with Gasteiger partial charge in [0.25, 0.3) is 0 Å². The zero-order valence-electron chi connectivity index (χ0n) is 17.6. The third-order valence-corrected chi connectivity index (χ3v) is 4.84. The van der Waals surface area contributed by atoms with E-state index in [0.29, 0.717) is 33.7 Å². The second kappa shape index (κ2) is 7.02. The molecule has 0 bridgehead atoms. The lowest BCUT2D eigenvalue weighted by Gasteiger charge is -2.21. The van der Waals surface area contributed by atoms with E-state index < -0.39 is 11.7 Å². The number of benzene rings is 2. The fourth-order valence-electron chi connectivity index (χ4n) is 3.58. The summed E-state index contributed by atoms with van der Waals surface area (Å²) in [7, 11) is 3.17. The van der Waals surface area contributed by atoms with E-state index >= 15 is 0 Å². The molecule has 0 saturated heterocycles. The molecule has 0 saturated carbocycles. The molecule has 0 unspecified atom stereocenters. The molecule has 0 fully saturated rings. The average Bonchev–Trinajstić information content (AvgIpc) is 3.26. The summed E-state index contributed by atoms with van der Waals surface area (Å²) in [5.41, 5.74) is 1.22. The predicted molar refractivity (Wildman–Crippen MR) is 116 cm³/mol. The van der Waals surface area contributed by atoms with Gasteiger partial charge in [0.1, 0.15) is 17.1 Å². The molecule has 0 spiro atoms. The molecule has 30 heavy (non-hydrogen) atoms. The highest BCUT2D eigenvalue weighted by Crippen LogP contribution is 2.40. The fraction of sp³-hybridized carbons (Fsp3) is 0.261. The van der Waals surface area contributed by atoms with E-state index in [4.69, 9.17) is 14.2 Å². The third-order valence-electron chi connectivity index (χ3n) is 4.84. The van der Waals surface area contributed by atoms with Crippen molar-refractivity contribution in [3.8, 4) is 28.6 Å². The van der Waals surface area contributed by atoms with E-state index in [1.807, 2.05) is 45.0 Å². The second-order valence-corrected chi connectivity index (χ2v) is 8.05. The highest BCUT2D eigenvalue weighted by atomic mass is 16.6. The Kier molecular flexibility index (Phi) is 4.61. The van der Waals surface area contributed by atoms with Gasteiger partial charge in [0.05, 0.1) is 30.8 Å². The van der Waals surface area contributed by atoms with Gasteiger partial charge >= 0.3 is 6.09 Å². The van der Waals surface area contributed by atoms with Crippen LogP contribution in [0.5, 0.6) is 17.4 Å². The lowest BCUT2D eigenvalue weighted by atomic mass is 10.0. The van der Waals surface area contributed by atoms with Crippen LogP contribution in [0.1, 0.15) is 20.8 Å². The van der Waals surface area contributed by atoms with E-state index in [0.717, 1.165) is 10.8 Å². The number of carbonyl (C=O) groups is 1. The van der Waals surface area contributed by atoms with Crippen LogP contribution in [-0.2, 0) is 4.74 Å². The van der Waals surface area contributed by atoms with Crippen LogP contribution in [0, 0.1) is 0 Å². The number of methoxy groups -OCH3 is 2. The van der Waals surface area contributed by atoms with Gasteiger partial charge in [-0.05, 0) is 57.2 Å². The van der Waals surface area contributed by atoms with Crippen LogP contribution in [0.25, 0.3) is 32.9 Å². The Morgan fingerprint density at radius 2 is 1.70 bits per heavy atom. The number of hydrogen-bond donors (Lipinski definition) is 2. The van der Waals surface area contributed by atoms with E-state index in [2.05, 4.69) is 4.98 Å². The number of fused-ring (bicyclic) bond motifs is 2. The predicted octanol–water partition coefficient (Wildman–Crippen LogP) is 5.30. The Morgan fingerprint density at radius 3 is 2.37 bits per heavy atom. The van der Waals surface area contributed by atoms with Crippen molar-refractivity contribution in [1.82, 2.24) is 9.55 Å². The normalized spacial score (nSPS) is 11.8. The van der Waals surface area contributed by atoms with Gasteiger partial charge in [-0.2, -0.15) is 0 Å². The first-order valence-corrected chi connectivity index (χ1v) is 9.53. The molecule has 2 aromatic heterocycles. The average molecular weight is 408 g/mol. The number of nitrogens with zero attached hydrogens (tertiary/aromatic N) is 1. The number of nitrogens with one attached hydrogen (secondary N) is 1. The molecular formula is C23H24N2O5. The number of aromatic nitrogens is 2. The quantitative estimate of drug-likeness (QED) is 0.481. The molecule has 4 aromatic rings. The van der Waals surface area contributed by atoms with Gasteiger partial charge in [-0.1, -0.05) is 0 Å². The summed E-state index contributed by atoms with van der Waals surface area (Å²) in [6.07, 6.45) is 1.18. The zero-order valence-corrected chi connectivity index (χ0v) is 17.6. The van der Waals surface area contributed by atoms with Gasteiger partial charge < -0.3 is 24.3 Å². The molecule has 7 nitrogen and oxygen atoms in total. The topological polar surface area (TPSA) is 85.7 Å². The number of carbonyl (C=O) groups excluding carboxylic acids is 1. The standard InChI is InChI=1S/C23H24N2O5/c1-23(2,3)30-22(27)25-18-7-6-15(28-4)8-13(18)10-19(25)17-11-16(29-5)9-14-12-24-21(26)20(14)17/h6-12,24,26H,1-5H3. The first-order valence-electron chi connectivity index (χ1n) is 9.53. The Balaban J connectivity index is 2.06. The first kappa shape index (κ1) is 19.7. The zero-order chi connectivity index (χ0) is 21.6. The SMILES string of the molecule is COc1cc(-c2cc3cc(OC)ccc3n2C(=O)OC(C)(C)C)c2c(O)[nH]cc2c1. The maximum absolute atomic E-state index is 13.2. The second-order valence-electron chi connectivity index (χ2n) is 8.05. The van der Waals surface area contributed by atoms with Crippen molar-refractivity contribution in [3.05, 3.63) is 42.6 Å². The van der Waals surface area contributed by atoms with Crippen molar-refractivity contribution in [2.24, 2.45) is 0 Å². The third kappa shape index (κ3) is 3.32. The van der Waals surface area contributed by atoms with Crippen molar-refractivity contribution >= 4 is 27.8 Å². The fourth-order valence-corrected chi connectivity index (χ4v) is 3.58. The van der Waals surface area contributed by atoms with Crippen LogP contribution < -0.4 is 9.47 Å². The van der Waals surface area contributed by atoms with Gasteiger partial charge in [-0.3, -0.25) is 0 Å². The van der Waals surface area contributed by atoms with Gasteiger partial charge in [-0.15, -0.1) is 0 Å². The molecule has 2 N–H and O–H groups in total. The molecule has 2 heterocycles.